The third-order valence-corrected chi connectivity index (χ3v) is 16.5. The van der Waals surface area contributed by atoms with E-state index < -0.39 is 97.5 Å². The van der Waals surface area contributed by atoms with Gasteiger partial charge in [0.1, 0.15) is 19.3 Å². The number of allylic oxidation sites excluding steroid dienone is 4. The molecule has 3 N–H and O–H groups in total. The molecule has 19 heteroatoms. The quantitative estimate of drug-likeness (QED) is 0.0169. The van der Waals surface area contributed by atoms with Gasteiger partial charge in [-0.1, -0.05) is 252 Å². The van der Waals surface area contributed by atoms with Crippen LogP contribution in [0.5, 0.6) is 0 Å². The molecule has 0 aromatic heterocycles. The number of carbonyl (C=O) groups is 4. The number of hydrogen-bond donors (Lipinski definition) is 3. The van der Waals surface area contributed by atoms with Gasteiger partial charge in [0.25, 0.3) is 0 Å². The van der Waals surface area contributed by atoms with Crippen LogP contribution >= 0.6 is 15.6 Å². The number of ether oxygens (including phenoxy) is 4. The molecule has 0 aliphatic rings. The van der Waals surface area contributed by atoms with E-state index in [2.05, 4.69) is 65.8 Å². The molecule has 85 heavy (non-hydrogen) atoms. The Bertz CT molecular complexity index is 1760. The van der Waals surface area contributed by atoms with Gasteiger partial charge in [-0.2, -0.15) is 0 Å². The Hall–Kier alpha value is -2.46. The number of aliphatic hydroxyl groups is 1. The zero-order valence-electron chi connectivity index (χ0n) is 54.4. The van der Waals surface area contributed by atoms with Gasteiger partial charge in [0.05, 0.1) is 26.4 Å². The molecular formula is C66H124O17P2. The van der Waals surface area contributed by atoms with Gasteiger partial charge in [0, 0.05) is 25.7 Å². The fourth-order valence-corrected chi connectivity index (χ4v) is 10.9. The Labute approximate surface area is 516 Å². The molecule has 0 rings (SSSR count). The highest BCUT2D eigenvalue weighted by Crippen LogP contribution is 2.45. The Morgan fingerprint density at radius 1 is 0.365 bits per heavy atom. The van der Waals surface area contributed by atoms with Crippen LogP contribution in [0.15, 0.2) is 24.3 Å². The first-order valence-electron chi connectivity index (χ1n) is 33.8. The van der Waals surface area contributed by atoms with Crippen molar-refractivity contribution in [1.29, 1.82) is 0 Å². The molecule has 0 saturated carbocycles. The summed E-state index contributed by atoms with van der Waals surface area (Å²) in [6, 6.07) is 0. The number of esters is 4. The Morgan fingerprint density at radius 2 is 0.635 bits per heavy atom. The number of aliphatic hydroxyl groups excluding tert-OH is 1. The van der Waals surface area contributed by atoms with Crippen molar-refractivity contribution in [2.75, 3.05) is 39.6 Å². The molecule has 0 aromatic rings. The molecule has 500 valence electrons. The molecule has 5 atom stereocenters. The lowest BCUT2D eigenvalue weighted by atomic mass is 10.0. The van der Waals surface area contributed by atoms with E-state index in [9.17, 15) is 43.2 Å². The third kappa shape index (κ3) is 60.2. The highest BCUT2D eigenvalue weighted by molar-refractivity contribution is 7.47. The molecule has 0 bridgehead atoms. The van der Waals surface area contributed by atoms with E-state index >= 15 is 0 Å². The second kappa shape index (κ2) is 57.9. The molecule has 0 aliphatic heterocycles. The third-order valence-electron chi connectivity index (χ3n) is 14.6. The maximum absolute atomic E-state index is 13.0. The molecule has 17 nitrogen and oxygen atoms in total. The Morgan fingerprint density at radius 3 is 0.965 bits per heavy atom. The summed E-state index contributed by atoms with van der Waals surface area (Å²) in [4.78, 5) is 72.2. The second-order valence-corrected chi connectivity index (χ2v) is 27.0. The smallest absolute Gasteiger partial charge is 0.462 e. The van der Waals surface area contributed by atoms with E-state index in [1.54, 1.807) is 0 Å². The van der Waals surface area contributed by atoms with Crippen molar-refractivity contribution in [2.45, 2.75) is 323 Å². The summed E-state index contributed by atoms with van der Waals surface area (Å²) >= 11 is 0. The number of carbonyl (C=O) groups excluding carboxylic acids is 4. The van der Waals surface area contributed by atoms with Gasteiger partial charge in [-0.25, -0.2) is 9.13 Å². The van der Waals surface area contributed by atoms with Crippen molar-refractivity contribution >= 4 is 39.5 Å². The van der Waals surface area contributed by atoms with E-state index in [0.717, 1.165) is 109 Å². The summed E-state index contributed by atoms with van der Waals surface area (Å²) in [6.07, 6.45) is 44.1. The van der Waals surface area contributed by atoms with E-state index in [4.69, 9.17) is 37.0 Å². The zero-order valence-corrected chi connectivity index (χ0v) is 56.2. The topological polar surface area (TPSA) is 237 Å². The van der Waals surface area contributed by atoms with Gasteiger partial charge in [-0.15, -0.1) is 0 Å². The average Bonchev–Trinajstić information content (AvgIpc) is 3.63. The summed E-state index contributed by atoms with van der Waals surface area (Å²) in [5.74, 6) is -0.758. The van der Waals surface area contributed by atoms with Crippen LogP contribution in [0.1, 0.15) is 305 Å². The van der Waals surface area contributed by atoms with Crippen LogP contribution in [-0.2, 0) is 65.4 Å². The first kappa shape index (κ1) is 82.5. The normalized spacial score (nSPS) is 14.4. The van der Waals surface area contributed by atoms with Crippen LogP contribution in [0.25, 0.3) is 0 Å². The largest absolute Gasteiger partial charge is 0.472 e. The zero-order chi connectivity index (χ0) is 62.9. The average molecular weight is 1250 g/mol. The van der Waals surface area contributed by atoms with Crippen molar-refractivity contribution in [3.8, 4) is 0 Å². The summed E-state index contributed by atoms with van der Waals surface area (Å²) in [5, 5.41) is 10.5. The van der Waals surface area contributed by atoms with Crippen molar-refractivity contribution in [2.24, 2.45) is 11.8 Å². The molecule has 0 spiro atoms. The lowest BCUT2D eigenvalue weighted by molar-refractivity contribution is -0.161. The Balaban J connectivity index is 5.27. The standard InChI is InChI=1S/C66H124O17P2/c1-7-9-11-13-15-17-18-19-20-21-22-26-31-38-44-50-65(70)82-61(54-77-64(69)49-43-37-30-27-23-25-28-34-40-46-58(3)4)56-80-84(72,73)78-52-60(67)53-79-85(74,75)81-57-62(83-66(71)51-45-39-33-32-35-41-47-59(5)6)55-76-63(68)48-42-36-29-24-16-14-12-10-8-2/h17-20,58-62,67H,7-16,21-57H2,1-6H3,(H,72,73)(H,74,75)/b18-17-,20-19-/t60-,61-,62-/m1/s1. The molecule has 0 fully saturated rings. The molecule has 0 aromatic carbocycles. The fraction of sp³-hybridized carbons (Fsp3) is 0.879. The summed E-state index contributed by atoms with van der Waals surface area (Å²) in [5.41, 5.74) is 0. The van der Waals surface area contributed by atoms with E-state index in [-0.39, 0.29) is 25.7 Å². The number of rotatable bonds is 63. The molecular weight excluding hydrogens is 1130 g/mol. The number of phosphoric acid groups is 2. The van der Waals surface area contributed by atoms with Gasteiger partial charge < -0.3 is 33.8 Å². The molecule has 0 amide bonds. The Kier molecular flexibility index (Phi) is 56.3. The summed E-state index contributed by atoms with van der Waals surface area (Å²) < 4.78 is 68.0. The van der Waals surface area contributed by atoms with Crippen LogP contribution in [0.3, 0.4) is 0 Å². The number of hydrogen-bond acceptors (Lipinski definition) is 15. The molecule has 0 aliphatic carbocycles. The molecule has 0 radical (unpaired) electrons. The van der Waals surface area contributed by atoms with Crippen molar-refractivity contribution in [1.82, 2.24) is 0 Å². The van der Waals surface area contributed by atoms with E-state index in [1.165, 1.54) is 109 Å². The van der Waals surface area contributed by atoms with Crippen molar-refractivity contribution < 1.29 is 80.2 Å². The van der Waals surface area contributed by atoms with Gasteiger partial charge in [-0.3, -0.25) is 37.3 Å². The predicted octanol–water partition coefficient (Wildman–Crippen LogP) is 18.0. The van der Waals surface area contributed by atoms with Gasteiger partial charge in [0.15, 0.2) is 12.2 Å². The maximum Gasteiger partial charge on any atom is 0.472 e. The minimum atomic E-state index is -4.96. The maximum atomic E-state index is 13.0. The SMILES string of the molecule is CCCCCC/C=C\C=C/CCCCCCCC(=O)O[C@H](COC(=O)CCCCCCCCCCCC(C)C)COP(=O)(O)OC[C@@H](O)COP(=O)(O)OC[C@@H](COC(=O)CCCCCCCCCCC)OC(=O)CCCCCCCCC(C)C. The van der Waals surface area contributed by atoms with Gasteiger partial charge in [0.2, 0.25) is 0 Å². The minimum Gasteiger partial charge on any atom is -0.462 e. The molecule has 2 unspecified atom stereocenters. The van der Waals surface area contributed by atoms with Crippen LogP contribution < -0.4 is 0 Å². The highest BCUT2D eigenvalue weighted by Gasteiger charge is 2.30. The van der Waals surface area contributed by atoms with Gasteiger partial charge in [-0.05, 0) is 63.2 Å². The number of unbranched alkanes of at least 4 members (excludes halogenated alkanes) is 30. The monoisotopic (exact) mass is 1250 g/mol. The van der Waals surface area contributed by atoms with Crippen molar-refractivity contribution in [3.05, 3.63) is 24.3 Å². The van der Waals surface area contributed by atoms with Crippen molar-refractivity contribution in [3.63, 3.8) is 0 Å². The van der Waals surface area contributed by atoms with Crippen LogP contribution in [0, 0.1) is 11.8 Å². The first-order valence-corrected chi connectivity index (χ1v) is 36.8. The predicted molar refractivity (Wildman–Crippen MR) is 340 cm³/mol. The van der Waals surface area contributed by atoms with E-state index in [0.29, 0.717) is 31.6 Å². The van der Waals surface area contributed by atoms with Gasteiger partial charge >= 0.3 is 39.5 Å². The van der Waals surface area contributed by atoms with Crippen LogP contribution in [0.4, 0.5) is 0 Å². The number of phosphoric ester groups is 2. The van der Waals surface area contributed by atoms with E-state index in [1.807, 2.05) is 0 Å². The highest BCUT2D eigenvalue weighted by atomic mass is 31.2. The van der Waals surface area contributed by atoms with Crippen LogP contribution in [0.2, 0.25) is 0 Å². The minimum absolute atomic E-state index is 0.0842. The summed E-state index contributed by atoms with van der Waals surface area (Å²) in [6.45, 7) is 9.31. The molecule has 0 saturated heterocycles. The van der Waals surface area contributed by atoms with Crippen LogP contribution in [-0.4, -0.2) is 96.7 Å². The first-order chi connectivity index (χ1) is 40.9. The fourth-order valence-electron chi connectivity index (χ4n) is 9.34. The lowest BCUT2D eigenvalue weighted by Crippen LogP contribution is -2.30. The molecule has 0 heterocycles. The summed E-state index contributed by atoms with van der Waals surface area (Å²) in [7, 11) is -9.90. The lowest BCUT2D eigenvalue weighted by Gasteiger charge is -2.21. The second-order valence-electron chi connectivity index (χ2n) is 24.1.